The van der Waals surface area contributed by atoms with Crippen molar-refractivity contribution in [1.29, 1.82) is 0 Å². The number of nitrogens with one attached hydrogen (secondary N) is 1. The van der Waals surface area contributed by atoms with Crippen LogP contribution in [0, 0.1) is 11.7 Å². The van der Waals surface area contributed by atoms with Gasteiger partial charge in [0.05, 0.1) is 11.4 Å². The number of rotatable bonds is 5. The lowest BCUT2D eigenvalue weighted by Gasteiger charge is -2.29. The standard InChI is InChI=1S/C18H22FN3OS/c1-13-5-2-3-8-16(13)21-17(23)12-24-18-20-9-10-22(18)15-7-4-6-14(19)11-15/h4,6-7,9-11,13,16H,2-3,5,8,12H2,1H3,(H,21,23). The van der Waals surface area contributed by atoms with Crippen molar-refractivity contribution in [2.24, 2.45) is 5.92 Å². The molecule has 1 aliphatic rings. The second-order valence-electron chi connectivity index (χ2n) is 6.28. The zero-order chi connectivity index (χ0) is 16.9. The fourth-order valence-electron chi connectivity index (χ4n) is 3.13. The first-order valence-corrected chi connectivity index (χ1v) is 9.33. The van der Waals surface area contributed by atoms with Crippen LogP contribution in [0.4, 0.5) is 4.39 Å². The molecule has 0 radical (unpaired) electrons. The molecule has 6 heteroatoms. The first-order valence-electron chi connectivity index (χ1n) is 8.35. The molecular weight excluding hydrogens is 325 g/mol. The second-order valence-corrected chi connectivity index (χ2v) is 7.23. The van der Waals surface area contributed by atoms with Crippen LogP contribution in [0.15, 0.2) is 41.8 Å². The number of halogens is 1. The van der Waals surface area contributed by atoms with Gasteiger partial charge in [0, 0.05) is 18.4 Å². The van der Waals surface area contributed by atoms with Gasteiger partial charge >= 0.3 is 0 Å². The van der Waals surface area contributed by atoms with Crippen LogP contribution < -0.4 is 5.32 Å². The summed E-state index contributed by atoms with van der Waals surface area (Å²) in [5, 5.41) is 3.83. The number of carbonyl (C=O) groups excluding carboxylic acids is 1. The van der Waals surface area contributed by atoms with Crippen LogP contribution >= 0.6 is 11.8 Å². The Labute approximate surface area is 145 Å². The van der Waals surface area contributed by atoms with Crippen molar-refractivity contribution >= 4 is 17.7 Å². The van der Waals surface area contributed by atoms with E-state index in [4.69, 9.17) is 0 Å². The van der Waals surface area contributed by atoms with Gasteiger partial charge in [-0.3, -0.25) is 9.36 Å². The van der Waals surface area contributed by atoms with Gasteiger partial charge < -0.3 is 5.32 Å². The molecule has 1 aromatic carbocycles. The summed E-state index contributed by atoms with van der Waals surface area (Å²) in [4.78, 5) is 16.5. The van der Waals surface area contributed by atoms with E-state index in [1.165, 1.54) is 43.2 Å². The molecule has 24 heavy (non-hydrogen) atoms. The van der Waals surface area contributed by atoms with Crippen LogP contribution in [0.1, 0.15) is 32.6 Å². The van der Waals surface area contributed by atoms with Crippen molar-refractivity contribution in [1.82, 2.24) is 14.9 Å². The molecule has 4 nitrogen and oxygen atoms in total. The van der Waals surface area contributed by atoms with E-state index >= 15 is 0 Å². The molecule has 1 aliphatic carbocycles. The van der Waals surface area contributed by atoms with E-state index in [9.17, 15) is 9.18 Å². The normalized spacial score (nSPS) is 20.8. The molecule has 3 rings (SSSR count). The number of hydrogen-bond donors (Lipinski definition) is 1. The zero-order valence-corrected chi connectivity index (χ0v) is 14.6. The highest BCUT2D eigenvalue weighted by atomic mass is 32.2. The summed E-state index contributed by atoms with van der Waals surface area (Å²) < 4.78 is 15.2. The summed E-state index contributed by atoms with van der Waals surface area (Å²) in [5.74, 6) is 0.603. The smallest absolute Gasteiger partial charge is 0.230 e. The Morgan fingerprint density at radius 3 is 3.04 bits per heavy atom. The van der Waals surface area contributed by atoms with Crippen molar-refractivity contribution < 1.29 is 9.18 Å². The molecule has 1 fully saturated rings. The molecule has 0 spiro atoms. The van der Waals surface area contributed by atoms with E-state index in [0.717, 1.165) is 6.42 Å². The Morgan fingerprint density at radius 1 is 1.42 bits per heavy atom. The topological polar surface area (TPSA) is 46.9 Å². The van der Waals surface area contributed by atoms with Gasteiger partial charge in [-0.2, -0.15) is 0 Å². The maximum atomic E-state index is 13.4. The third-order valence-electron chi connectivity index (χ3n) is 4.48. The first-order chi connectivity index (χ1) is 11.6. The molecule has 2 aromatic rings. The summed E-state index contributed by atoms with van der Waals surface area (Å²) in [5.41, 5.74) is 0.705. The van der Waals surface area contributed by atoms with Crippen molar-refractivity contribution in [3.63, 3.8) is 0 Å². The second kappa shape index (κ2) is 7.83. The van der Waals surface area contributed by atoms with Crippen LogP contribution in [0.3, 0.4) is 0 Å². The number of imidazole rings is 1. The monoisotopic (exact) mass is 347 g/mol. The van der Waals surface area contributed by atoms with Crippen molar-refractivity contribution in [2.75, 3.05) is 5.75 Å². The van der Waals surface area contributed by atoms with Gasteiger partial charge in [0.1, 0.15) is 5.82 Å². The van der Waals surface area contributed by atoms with E-state index in [2.05, 4.69) is 17.2 Å². The summed E-state index contributed by atoms with van der Waals surface area (Å²) in [6.45, 7) is 2.20. The SMILES string of the molecule is CC1CCCCC1NC(=O)CSc1nccn1-c1cccc(F)c1. The Bertz CT molecular complexity index is 703. The average molecular weight is 347 g/mol. The minimum atomic E-state index is -0.291. The maximum absolute atomic E-state index is 13.4. The lowest BCUT2D eigenvalue weighted by atomic mass is 9.86. The van der Waals surface area contributed by atoms with Crippen molar-refractivity contribution in [2.45, 2.75) is 43.8 Å². The van der Waals surface area contributed by atoms with Gasteiger partial charge in [0.2, 0.25) is 5.91 Å². The molecule has 1 amide bonds. The highest BCUT2D eigenvalue weighted by molar-refractivity contribution is 7.99. The number of carbonyl (C=O) groups is 1. The molecule has 2 atom stereocenters. The largest absolute Gasteiger partial charge is 0.352 e. The Hall–Kier alpha value is -1.82. The van der Waals surface area contributed by atoms with Gasteiger partial charge in [-0.15, -0.1) is 0 Å². The van der Waals surface area contributed by atoms with Gasteiger partial charge in [0.25, 0.3) is 0 Å². The summed E-state index contributed by atoms with van der Waals surface area (Å²) in [6, 6.07) is 6.63. The van der Waals surface area contributed by atoms with E-state index < -0.39 is 0 Å². The minimum absolute atomic E-state index is 0.0348. The van der Waals surface area contributed by atoms with Crippen LogP contribution in [0.25, 0.3) is 5.69 Å². The summed E-state index contributed by atoms with van der Waals surface area (Å²) in [6.07, 6.45) is 8.13. The number of nitrogens with zero attached hydrogens (tertiary/aromatic N) is 2. The summed E-state index contributed by atoms with van der Waals surface area (Å²) >= 11 is 1.37. The molecule has 0 bridgehead atoms. The molecule has 1 saturated carbocycles. The Kier molecular flexibility index (Phi) is 5.56. The molecule has 128 valence electrons. The van der Waals surface area contributed by atoms with E-state index in [1.807, 2.05) is 6.07 Å². The van der Waals surface area contributed by atoms with Crippen molar-refractivity contribution in [3.8, 4) is 5.69 Å². The Balaban J connectivity index is 1.59. The van der Waals surface area contributed by atoms with E-state index in [1.54, 1.807) is 23.0 Å². The van der Waals surface area contributed by atoms with Gasteiger partial charge in [-0.1, -0.05) is 37.6 Å². The highest BCUT2D eigenvalue weighted by Gasteiger charge is 2.22. The van der Waals surface area contributed by atoms with Gasteiger partial charge in [0.15, 0.2) is 5.16 Å². The number of thioether (sulfide) groups is 1. The van der Waals surface area contributed by atoms with E-state index in [0.29, 0.717) is 22.5 Å². The fourth-order valence-corrected chi connectivity index (χ4v) is 3.91. The first kappa shape index (κ1) is 17.0. The third kappa shape index (κ3) is 4.17. The Morgan fingerprint density at radius 2 is 2.25 bits per heavy atom. The van der Waals surface area contributed by atoms with Crippen molar-refractivity contribution in [3.05, 3.63) is 42.5 Å². The zero-order valence-electron chi connectivity index (χ0n) is 13.7. The lowest BCUT2D eigenvalue weighted by Crippen LogP contribution is -2.41. The van der Waals surface area contributed by atoms with E-state index in [-0.39, 0.29) is 17.8 Å². The number of hydrogen-bond acceptors (Lipinski definition) is 3. The number of aromatic nitrogens is 2. The fraction of sp³-hybridized carbons (Fsp3) is 0.444. The van der Waals surface area contributed by atoms with Gasteiger partial charge in [-0.05, 0) is 37.0 Å². The highest BCUT2D eigenvalue weighted by Crippen LogP contribution is 2.24. The number of amides is 1. The molecule has 0 aliphatic heterocycles. The molecule has 0 saturated heterocycles. The molecule has 2 unspecified atom stereocenters. The molecule has 1 aromatic heterocycles. The quantitative estimate of drug-likeness (QED) is 0.837. The van der Waals surface area contributed by atoms with Crippen LogP contribution in [0.5, 0.6) is 0 Å². The lowest BCUT2D eigenvalue weighted by molar-refractivity contribution is -0.119. The van der Waals surface area contributed by atoms with Crippen LogP contribution in [0.2, 0.25) is 0 Å². The van der Waals surface area contributed by atoms with Crippen LogP contribution in [-0.4, -0.2) is 27.3 Å². The predicted molar refractivity (Wildman–Crippen MR) is 93.8 cm³/mol. The number of benzene rings is 1. The van der Waals surface area contributed by atoms with Crippen LogP contribution in [-0.2, 0) is 4.79 Å². The average Bonchev–Trinajstić information content (AvgIpc) is 3.04. The maximum Gasteiger partial charge on any atom is 0.230 e. The predicted octanol–water partition coefficient (Wildman–Crippen LogP) is 3.80. The molecule has 1 N–H and O–H groups in total. The molecular formula is C18H22FN3OS. The van der Waals surface area contributed by atoms with Gasteiger partial charge in [-0.25, -0.2) is 9.37 Å². The minimum Gasteiger partial charge on any atom is -0.352 e. The molecule has 1 heterocycles. The third-order valence-corrected chi connectivity index (χ3v) is 5.45. The summed E-state index contributed by atoms with van der Waals surface area (Å²) in [7, 11) is 0.